The average Bonchev–Trinajstić information content (AvgIpc) is 2.82. The zero-order valence-electron chi connectivity index (χ0n) is 13.9. The van der Waals surface area contributed by atoms with Gasteiger partial charge in [0.25, 0.3) is 5.91 Å². The molecule has 7 nitrogen and oxygen atoms in total. The number of carbonyl (C=O) groups excluding carboxylic acids is 1. The molecule has 23 heavy (non-hydrogen) atoms. The number of nitrogens with two attached hydrogens (primary N) is 1. The van der Waals surface area contributed by atoms with Gasteiger partial charge in [0.2, 0.25) is 10.0 Å². The van der Waals surface area contributed by atoms with Gasteiger partial charge in [-0.1, -0.05) is 20.8 Å². The van der Waals surface area contributed by atoms with Crippen LogP contribution in [0.2, 0.25) is 0 Å². The predicted molar refractivity (Wildman–Crippen MR) is 87.3 cm³/mol. The van der Waals surface area contributed by atoms with E-state index in [4.69, 9.17) is 10.5 Å². The Balaban J connectivity index is 2.10. The van der Waals surface area contributed by atoms with E-state index in [1.807, 2.05) is 25.3 Å². The minimum Gasteiger partial charge on any atom is -0.373 e. The van der Waals surface area contributed by atoms with Gasteiger partial charge in [0, 0.05) is 12.2 Å². The van der Waals surface area contributed by atoms with Gasteiger partial charge in [-0.3, -0.25) is 4.79 Å². The maximum atomic E-state index is 12.1. The minimum atomic E-state index is -3.36. The van der Waals surface area contributed by atoms with Crippen molar-refractivity contribution in [2.24, 2.45) is 11.1 Å². The number of sulfonamides is 1. The van der Waals surface area contributed by atoms with Crippen LogP contribution in [0.5, 0.6) is 0 Å². The molecule has 0 saturated heterocycles. The Morgan fingerprint density at radius 3 is 2.74 bits per heavy atom. The molecule has 1 aromatic heterocycles. The van der Waals surface area contributed by atoms with Crippen LogP contribution in [0.25, 0.3) is 0 Å². The highest BCUT2D eigenvalue weighted by Crippen LogP contribution is 2.21. The number of nitrogens with zero attached hydrogens (tertiary/aromatic N) is 1. The fraction of sp³-hybridized carbons (Fsp3) is 0.667. The minimum absolute atomic E-state index is 0.0422. The summed E-state index contributed by atoms with van der Waals surface area (Å²) in [7, 11) is -3.36. The molecule has 3 N–H and O–H groups in total. The highest BCUT2D eigenvalue weighted by Gasteiger charge is 2.23. The van der Waals surface area contributed by atoms with Crippen LogP contribution in [0.4, 0.5) is 0 Å². The lowest BCUT2D eigenvalue weighted by molar-refractivity contribution is 0.0814. The van der Waals surface area contributed by atoms with E-state index >= 15 is 0 Å². The van der Waals surface area contributed by atoms with Gasteiger partial charge in [-0.2, -0.15) is 0 Å². The Morgan fingerprint density at radius 2 is 2.13 bits per heavy atom. The summed E-state index contributed by atoms with van der Waals surface area (Å²) in [6, 6.07) is 1.65. The van der Waals surface area contributed by atoms with E-state index in [1.54, 1.807) is 6.07 Å². The van der Waals surface area contributed by atoms with Gasteiger partial charge >= 0.3 is 0 Å². The highest BCUT2D eigenvalue weighted by molar-refractivity contribution is 7.89. The standard InChI is InChI=1S/C15H25N3O4S/c1-15(2,3)4-7-23(20,21)17-9-11-8-12(14(16)19)13-10-22-6-5-18(11)13/h8,17H,4-7,9-10H2,1-3H3,(H2,16,19). The summed E-state index contributed by atoms with van der Waals surface area (Å²) in [5, 5.41) is 0. The third-order valence-electron chi connectivity index (χ3n) is 3.85. The quantitative estimate of drug-likeness (QED) is 0.803. The third-order valence-corrected chi connectivity index (χ3v) is 5.18. The first kappa shape index (κ1) is 18.0. The molecular formula is C15H25N3O4S. The Bertz CT molecular complexity index is 686. The molecule has 8 heteroatoms. The summed E-state index contributed by atoms with van der Waals surface area (Å²) in [4.78, 5) is 11.5. The van der Waals surface area contributed by atoms with Crippen LogP contribution < -0.4 is 10.5 Å². The van der Waals surface area contributed by atoms with Gasteiger partial charge in [-0.15, -0.1) is 0 Å². The second kappa shape index (κ2) is 6.62. The van der Waals surface area contributed by atoms with Crippen molar-refractivity contribution in [3.8, 4) is 0 Å². The van der Waals surface area contributed by atoms with Crippen molar-refractivity contribution >= 4 is 15.9 Å². The van der Waals surface area contributed by atoms with Crippen LogP contribution >= 0.6 is 0 Å². The van der Waals surface area contributed by atoms with Crippen LogP contribution in [0.15, 0.2) is 6.07 Å². The van der Waals surface area contributed by atoms with E-state index in [1.165, 1.54) is 0 Å². The van der Waals surface area contributed by atoms with Crippen molar-refractivity contribution in [1.29, 1.82) is 0 Å². The van der Waals surface area contributed by atoms with E-state index in [-0.39, 0.29) is 17.7 Å². The molecule has 0 radical (unpaired) electrons. The fourth-order valence-corrected chi connectivity index (χ4v) is 3.86. The molecule has 0 spiro atoms. The number of hydrogen-bond donors (Lipinski definition) is 2. The molecular weight excluding hydrogens is 318 g/mol. The molecule has 2 rings (SSSR count). The Morgan fingerprint density at radius 1 is 1.43 bits per heavy atom. The molecule has 2 heterocycles. The van der Waals surface area contributed by atoms with Gasteiger partial charge in [-0.25, -0.2) is 13.1 Å². The molecule has 0 aromatic carbocycles. The topological polar surface area (TPSA) is 103 Å². The molecule has 0 saturated carbocycles. The predicted octanol–water partition coefficient (Wildman–Crippen LogP) is 0.973. The van der Waals surface area contributed by atoms with Crippen LogP contribution in [0.3, 0.4) is 0 Å². The van der Waals surface area contributed by atoms with Crippen molar-refractivity contribution in [3.05, 3.63) is 23.0 Å². The first-order valence-electron chi connectivity index (χ1n) is 7.65. The number of carbonyl (C=O) groups is 1. The molecule has 0 atom stereocenters. The number of amides is 1. The van der Waals surface area contributed by atoms with Gasteiger partial charge < -0.3 is 15.0 Å². The molecule has 130 valence electrons. The van der Waals surface area contributed by atoms with Crippen molar-refractivity contribution < 1.29 is 17.9 Å². The van der Waals surface area contributed by atoms with E-state index in [0.29, 0.717) is 37.4 Å². The Labute approximate surface area is 137 Å². The Kier molecular flexibility index (Phi) is 5.17. The normalized spacial score (nSPS) is 15.4. The van der Waals surface area contributed by atoms with Crippen molar-refractivity contribution in [2.45, 2.75) is 46.9 Å². The first-order valence-corrected chi connectivity index (χ1v) is 9.30. The number of ether oxygens (including phenoxy) is 1. The molecule has 1 amide bonds. The zero-order valence-corrected chi connectivity index (χ0v) is 14.7. The second-order valence-corrected chi connectivity index (χ2v) is 8.94. The molecule has 0 aliphatic carbocycles. The number of rotatable bonds is 6. The van der Waals surface area contributed by atoms with Crippen molar-refractivity contribution in [3.63, 3.8) is 0 Å². The van der Waals surface area contributed by atoms with E-state index < -0.39 is 15.9 Å². The number of primary amides is 1. The lowest BCUT2D eigenvalue weighted by atomic mass is 9.94. The highest BCUT2D eigenvalue weighted by atomic mass is 32.2. The molecule has 1 aliphatic heterocycles. The number of nitrogens with one attached hydrogen (secondary N) is 1. The monoisotopic (exact) mass is 343 g/mol. The maximum Gasteiger partial charge on any atom is 0.250 e. The fourth-order valence-electron chi connectivity index (χ4n) is 2.46. The van der Waals surface area contributed by atoms with Crippen LogP contribution in [-0.2, 0) is 34.5 Å². The average molecular weight is 343 g/mol. The smallest absolute Gasteiger partial charge is 0.250 e. The largest absolute Gasteiger partial charge is 0.373 e. The molecule has 0 bridgehead atoms. The molecule has 0 fully saturated rings. The van der Waals surface area contributed by atoms with E-state index in [9.17, 15) is 13.2 Å². The number of aromatic nitrogens is 1. The summed E-state index contributed by atoms with van der Waals surface area (Å²) < 4.78 is 34.1. The summed E-state index contributed by atoms with van der Waals surface area (Å²) in [5.41, 5.74) is 7.19. The van der Waals surface area contributed by atoms with E-state index in [0.717, 1.165) is 5.69 Å². The molecule has 0 unspecified atom stereocenters. The van der Waals surface area contributed by atoms with Crippen molar-refractivity contribution in [2.75, 3.05) is 12.4 Å². The number of hydrogen-bond acceptors (Lipinski definition) is 4. The van der Waals surface area contributed by atoms with E-state index in [2.05, 4.69) is 4.72 Å². The van der Waals surface area contributed by atoms with Crippen molar-refractivity contribution in [1.82, 2.24) is 9.29 Å². The lowest BCUT2D eigenvalue weighted by Gasteiger charge is -2.20. The first-order chi connectivity index (χ1) is 10.6. The van der Waals surface area contributed by atoms with Gasteiger partial charge in [0.1, 0.15) is 0 Å². The SMILES string of the molecule is CC(C)(C)CCS(=O)(=O)NCc1cc(C(N)=O)c2n1CCOC2. The van der Waals surface area contributed by atoms with Gasteiger partial charge in [-0.05, 0) is 17.9 Å². The summed E-state index contributed by atoms with van der Waals surface area (Å²) in [6.45, 7) is 7.59. The second-order valence-electron chi connectivity index (χ2n) is 7.02. The maximum absolute atomic E-state index is 12.1. The summed E-state index contributed by atoms with van der Waals surface area (Å²) >= 11 is 0. The molecule has 1 aliphatic rings. The zero-order chi connectivity index (χ0) is 17.3. The van der Waals surface area contributed by atoms with Crippen LogP contribution in [0.1, 0.15) is 48.9 Å². The number of fused-ring (bicyclic) bond motifs is 1. The van der Waals surface area contributed by atoms with Gasteiger partial charge in [0.15, 0.2) is 0 Å². The van der Waals surface area contributed by atoms with Crippen LogP contribution in [0, 0.1) is 5.41 Å². The van der Waals surface area contributed by atoms with Gasteiger partial charge in [0.05, 0.1) is 36.8 Å². The summed E-state index contributed by atoms with van der Waals surface area (Å²) in [5.74, 6) is -0.448. The molecule has 1 aromatic rings. The van der Waals surface area contributed by atoms with Crippen LogP contribution in [-0.4, -0.2) is 31.3 Å². The third kappa shape index (κ3) is 4.79. The lowest BCUT2D eigenvalue weighted by Crippen LogP contribution is -2.29. The Hall–Kier alpha value is -1.38. The summed E-state index contributed by atoms with van der Waals surface area (Å²) in [6.07, 6.45) is 0.578.